The summed E-state index contributed by atoms with van der Waals surface area (Å²) in [5, 5.41) is 0.120. The van der Waals surface area contributed by atoms with Gasteiger partial charge in [-0.1, -0.05) is 19.3 Å². The van der Waals surface area contributed by atoms with Gasteiger partial charge in [0, 0.05) is 13.1 Å². The average molecular weight is 485 g/mol. The van der Waals surface area contributed by atoms with Crippen LogP contribution in [-0.4, -0.2) is 59.6 Å². The number of fused-ring (bicyclic) bond motifs is 1. The highest BCUT2D eigenvalue weighted by molar-refractivity contribution is 8.17. The lowest BCUT2D eigenvalue weighted by molar-refractivity contribution is -0.133. The van der Waals surface area contributed by atoms with Crippen LogP contribution >= 0.6 is 23.5 Å². The van der Waals surface area contributed by atoms with Gasteiger partial charge in [0.2, 0.25) is 5.91 Å². The maximum Gasteiger partial charge on any atom is 0.236 e. The summed E-state index contributed by atoms with van der Waals surface area (Å²) in [5.74, 6) is 3.88. The van der Waals surface area contributed by atoms with Crippen molar-refractivity contribution >= 4 is 37.7 Å². The van der Waals surface area contributed by atoms with Crippen LogP contribution in [0.25, 0.3) is 0 Å². The molecule has 0 bridgehead atoms. The summed E-state index contributed by atoms with van der Waals surface area (Å²) < 4.78 is 0.552. The second kappa shape index (κ2) is 10.3. The fourth-order valence-electron chi connectivity index (χ4n) is 7.12. The molecule has 7 heteroatoms. The van der Waals surface area contributed by atoms with E-state index in [1.54, 1.807) is 0 Å². The van der Waals surface area contributed by atoms with Crippen LogP contribution in [0, 0.1) is 29.6 Å². The molecule has 2 heterocycles. The zero-order chi connectivity index (χ0) is 22.2. The van der Waals surface area contributed by atoms with E-state index in [9.17, 15) is 9.59 Å². The van der Waals surface area contributed by atoms with Crippen molar-refractivity contribution in [3.05, 3.63) is 0 Å². The minimum Gasteiger partial charge on any atom is -0.432 e. The van der Waals surface area contributed by atoms with E-state index >= 15 is 0 Å². The largest absolute Gasteiger partial charge is 0.432 e. The smallest absolute Gasteiger partial charge is 0.236 e. The first-order valence-corrected chi connectivity index (χ1v) is 18.0. The number of nitrogens with two attached hydrogens (primary N) is 1. The molecule has 2 saturated heterocycles. The molecule has 0 aromatic heterocycles. The van der Waals surface area contributed by atoms with Crippen molar-refractivity contribution < 1.29 is 9.59 Å². The number of thioether (sulfide) groups is 2. The maximum absolute atomic E-state index is 13.7. The van der Waals surface area contributed by atoms with Gasteiger partial charge in [0.1, 0.15) is 0 Å². The van der Waals surface area contributed by atoms with Gasteiger partial charge in [0.15, 0.2) is 8.32 Å². The second-order valence-electron chi connectivity index (χ2n) is 11.3. The Morgan fingerprint density at radius 1 is 1.06 bits per heavy atom. The Kier molecular flexibility index (Phi) is 8.11. The summed E-state index contributed by atoms with van der Waals surface area (Å²) in [5.41, 5.74) is 6.43. The highest BCUT2D eigenvalue weighted by atomic mass is 32.2. The SMILES string of the molecule is CSC1SC(C(=O)N2CCC(C3CCCC(CN)C3)CC2)C2CC([Si](C)(C)O)CCC12. The van der Waals surface area contributed by atoms with E-state index < -0.39 is 8.32 Å². The van der Waals surface area contributed by atoms with Crippen LogP contribution in [0.1, 0.15) is 57.8 Å². The van der Waals surface area contributed by atoms with Crippen LogP contribution < -0.4 is 5.73 Å². The number of piperidine rings is 1. The minimum absolute atomic E-state index is 0.120. The quantitative estimate of drug-likeness (QED) is 0.550. The molecule has 178 valence electrons. The third kappa shape index (κ3) is 5.36. The molecule has 2 aliphatic heterocycles. The van der Waals surface area contributed by atoms with Gasteiger partial charge >= 0.3 is 0 Å². The molecule has 4 nitrogen and oxygen atoms in total. The van der Waals surface area contributed by atoms with Crippen LogP contribution in [0.3, 0.4) is 0 Å². The monoisotopic (exact) mass is 484 g/mol. The van der Waals surface area contributed by atoms with Crippen molar-refractivity contribution in [3.8, 4) is 0 Å². The first kappa shape index (κ1) is 24.4. The lowest BCUT2D eigenvalue weighted by atomic mass is 9.72. The number of carbonyl (C=O) groups excluding carboxylic acids is 1. The summed E-state index contributed by atoms with van der Waals surface area (Å²) in [7, 11) is -2.14. The number of nitrogens with zero attached hydrogens (tertiary/aromatic N) is 1. The standard InChI is InChI=1S/C24H44N2O2S2Si/c1-29-24-20-8-7-19(31(2,3)28)14-21(20)22(30-24)23(27)26-11-9-17(10-12-26)18-6-4-5-16(13-18)15-25/h16-22,24,28H,4-15,25H2,1-3H3. The van der Waals surface area contributed by atoms with E-state index in [0.717, 1.165) is 50.2 Å². The predicted molar refractivity (Wildman–Crippen MR) is 137 cm³/mol. The highest BCUT2D eigenvalue weighted by Gasteiger charge is 2.52. The molecule has 1 amide bonds. The van der Waals surface area contributed by atoms with E-state index in [1.807, 2.05) is 23.5 Å². The number of likely N-dealkylation sites (tertiary alicyclic amines) is 1. The molecular weight excluding hydrogens is 440 g/mol. The molecule has 7 unspecified atom stereocenters. The molecule has 4 fully saturated rings. The predicted octanol–water partition coefficient (Wildman–Crippen LogP) is 4.78. The van der Waals surface area contributed by atoms with Gasteiger partial charge in [-0.2, -0.15) is 11.8 Å². The third-order valence-electron chi connectivity index (χ3n) is 9.12. The number of hydrogen-bond acceptors (Lipinski definition) is 5. The number of amides is 1. The summed E-state index contributed by atoms with van der Waals surface area (Å²) in [6.07, 6.45) is 13.3. The third-order valence-corrected chi connectivity index (χ3v) is 14.8. The van der Waals surface area contributed by atoms with Gasteiger partial charge in [0.25, 0.3) is 0 Å². The highest BCUT2D eigenvalue weighted by Crippen LogP contribution is 2.57. The van der Waals surface area contributed by atoms with Crippen LogP contribution in [-0.2, 0) is 4.79 Å². The molecule has 3 N–H and O–H groups in total. The number of carbonyl (C=O) groups is 1. The summed E-state index contributed by atoms with van der Waals surface area (Å²) >= 11 is 3.90. The molecule has 4 aliphatic rings. The first-order chi connectivity index (χ1) is 14.8. The van der Waals surface area contributed by atoms with Crippen molar-refractivity contribution in [2.45, 2.75) is 86.3 Å². The molecule has 31 heavy (non-hydrogen) atoms. The van der Waals surface area contributed by atoms with Crippen LogP contribution in [0.5, 0.6) is 0 Å². The minimum atomic E-state index is -2.14. The Morgan fingerprint density at radius 2 is 1.81 bits per heavy atom. The molecular formula is C24H44N2O2S2Si. The van der Waals surface area contributed by atoms with E-state index in [1.165, 1.54) is 44.9 Å². The molecule has 0 radical (unpaired) electrons. The van der Waals surface area contributed by atoms with Crippen molar-refractivity contribution in [1.29, 1.82) is 0 Å². The van der Waals surface area contributed by atoms with E-state index in [4.69, 9.17) is 5.73 Å². The van der Waals surface area contributed by atoms with Crippen molar-refractivity contribution in [3.63, 3.8) is 0 Å². The average Bonchev–Trinajstić information content (AvgIpc) is 3.16. The van der Waals surface area contributed by atoms with Crippen molar-refractivity contribution in [1.82, 2.24) is 4.90 Å². The zero-order valence-corrected chi connectivity index (χ0v) is 22.4. The fourth-order valence-corrected chi connectivity index (χ4v) is 11.9. The van der Waals surface area contributed by atoms with Gasteiger partial charge in [-0.15, -0.1) is 11.8 Å². The van der Waals surface area contributed by atoms with Crippen molar-refractivity contribution in [2.75, 3.05) is 25.9 Å². The molecule has 2 aliphatic carbocycles. The fraction of sp³-hybridized carbons (Fsp3) is 0.958. The Balaban J connectivity index is 1.36. The Morgan fingerprint density at radius 3 is 2.45 bits per heavy atom. The van der Waals surface area contributed by atoms with Gasteiger partial charge in [-0.25, -0.2) is 0 Å². The maximum atomic E-state index is 13.7. The molecule has 7 atom stereocenters. The van der Waals surface area contributed by atoms with Crippen molar-refractivity contribution in [2.24, 2.45) is 35.3 Å². The first-order valence-electron chi connectivity index (χ1n) is 12.7. The lowest BCUT2D eigenvalue weighted by Gasteiger charge is -2.42. The number of hydrogen-bond donors (Lipinski definition) is 2. The summed E-state index contributed by atoms with van der Waals surface area (Å²) in [6.45, 7) is 6.94. The summed E-state index contributed by atoms with van der Waals surface area (Å²) in [4.78, 5) is 26.7. The molecule has 0 spiro atoms. The van der Waals surface area contributed by atoms with Crippen LogP contribution in [0.2, 0.25) is 18.6 Å². The molecule has 4 rings (SSSR count). The zero-order valence-electron chi connectivity index (χ0n) is 19.8. The molecule has 0 aromatic rings. The topological polar surface area (TPSA) is 66.6 Å². The Hall–Kier alpha value is 0.307. The number of rotatable bonds is 5. The Labute approximate surface area is 199 Å². The van der Waals surface area contributed by atoms with E-state index in [0.29, 0.717) is 27.9 Å². The van der Waals surface area contributed by atoms with Gasteiger partial charge in [-0.05, 0) is 99.6 Å². The van der Waals surface area contributed by atoms with Crippen LogP contribution in [0.4, 0.5) is 0 Å². The van der Waals surface area contributed by atoms with Gasteiger partial charge in [0.05, 0.1) is 9.83 Å². The van der Waals surface area contributed by atoms with Crippen LogP contribution in [0.15, 0.2) is 0 Å². The van der Waals surface area contributed by atoms with Gasteiger partial charge < -0.3 is 15.4 Å². The van der Waals surface area contributed by atoms with E-state index in [2.05, 4.69) is 24.2 Å². The van der Waals surface area contributed by atoms with Gasteiger partial charge in [-0.3, -0.25) is 4.79 Å². The summed E-state index contributed by atoms with van der Waals surface area (Å²) in [6, 6.07) is 0. The normalized spacial score (nSPS) is 40.0. The lowest BCUT2D eigenvalue weighted by Crippen LogP contribution is -2.47. The Bertz CT molecular complexity index is 623. The second-order valence-corrected chi connectivity index (χ2v) is 18.0. The van der Waals surface area contributed by atoms with E-state index in [-0.39, 0.29) is 5.25 Å². The molecule has 0 aromatic carbocycles. The molecule has 2 saturated carbocycles.